The molecule has 2 aromatic rings. The van der Waals surface area contributed by atoms with Crippen LogP contribution in [0.15, 0.2) is 24.5 Å². The number of hydrogen-bond donors (Lipinski definition) is 1. The lowest BCUT2D eigenvalue weighted by molar-refractivity contribution is 0.150. The Morgan fingerprint density at radius 3 is 2.78 bits per heavy atom. The predicted octanol–water partition coefficient (Wildman–Crippen LogP) is 3.22. The second kappa shape index (κ2) is 9.48. The Morgan fingerprint density at radius 1 is 1.30 bits per heavy atom. The van der Waals surface area contributed by atoms with Gasteiger partial charge in [0.1, 0.15) is 11.6 Å². The highest BCUT2D eigenvalue weighted by molar-refractivity contribution is 5.74. The van der Waals surface area contributed by atoms with Gasteiger partial charge in [-0.1, -0.05) is 25.3 Å². The summed E-state index contributed by atoms with van der Waals surface area (Å²) in [5.41, 5.74) is 1.08. The van der Waals surface area contributed by atoms with Crippen LogP contribution in [-0.2, 0) is 13.1 Å². The maximum Gasteiger partial charge on any atom is 0.317 e. The number of nitrogens with zero attached hydrogens (tertiary/aromatic N) is 5. The molecule has 27 heavy (non-hydrogen) atoms. The SMILES string of the molecule is Cc1nc(C)n(CCCNC(=O)N(Cc2cccnc2)C2CCCCC2)n1. The molecule has 1 aliphatic carbocycles. The lowest BCUT2D eigenvalue weighted by Crippen LogP contribution is -2.46. The zero-order chi connectivity index (χ0) is 19.1. The summed E-state index contributed by atoms with van der Waals surface area (Å²) in [6.45, 7) is 5.86. The van der Waals surface area contributed by atoms with Gasteiger partial charge >= 0.3 is 6.03 Å². The highest BCUT2D eigenvalue weighted by atomic mass is 16.2. The van der Waals surface area contributed by atoms with Crippen LogP contribution in [0.3, 0.4) is 0 Å². The Kier molecular flexibility index (Phi) is 6.79. The Balaban J connectivity index is 1.54. The molecule has 0 unspecified atom stereocenters. The molecule has 3 rings (SSSR count). The van der Waals surface area contributed by atoms with Crippen LogP contribution in [0.25, 0.3) is 0 Å². The third kappa shape index (κ3) is 5.52. The lowest BCUT2D eigenvalue weighted by Gasteiger charge is -2.34. The summed E-state index contributed by atoms with van der Waals surface area (Å²) in [6.07, 6.45) is 10.3. The van der Waals surface area contributed by atoms with Crippen LogP contribution in [0.5, 0.6) is 0 Å². The number of nitrogens with one attached hydrogen (secondary N) is 1. The molecule has 0 saturated heterocycles. The molecule has 0 spiro atoms. The summed E-state index contributed by atoms with van der Waals surface area (Å²) < 4.78 is 1.90. The monoisotopic (exact) mass is 370 g/mol. The van der Waals surface area contributed by atoms with E-state index in [0.29, 0.717) is 19.1 Å². The van der Waals surface area contributed by atoms with Gasteiger partial charge in [-0.3, -0.25) is 9.67 Å². The van der Waals surface area contributed by atoms with Gasteiger partial charge in [0.15, 0.2) is 0 Å². The van der Waals surface area contributed by atoms with Gasteiger partial charge in [0.2, 0.25) is 0 Å². The molecule has 0 atom stereocenters. The first-order chi connectivity index (χ1) is 13.1. The minimum absolute atomic E-state index is 0.0252. The van der Waals surface area contributed by atoms with Gasteiger partial charge < -0.3 is 10.2 Å². The van der Waals surface area contributed by atoms with Gasteiger partial charge in [0, 0.05) is 38.1 Å². The zero-order valence-corrected chi connectivity index (χ0v) is 16.4. The molecule has 0 radical (unpaired) electrons. The maximum atomic E-state index is 12.9. The standard InChI is InChI=1S/C20H30N6O/c1-16-23-17(2)26(24-16)13-7-12-22-20(27)25(19-9-4-3-5-10-19)15-18-8-6-11-21-14-18/h6,8,11,14,19H,3-5,7,9-10,12-13,15H2,1-2H3,(H,22,27). The number of carbonyl (C=O) groups is 1. The van der Waals surface area contributed by atoms with E-state index >= 15 is 0 Å². The van der Waals surface area contributed by atoms with E-state index in [1.165, 1.54) is 19.3 Å². The van der Waals surface area contributed by atoms with E-state index in [1.807, 2.05) is 41.8 Å². The number of aromatic nitrogens is 4. The number of urea groups is 1. The molecule has 1 fully saturated rings. The zero-order valence-electron chi connectivity index (χ0n) is 16.4. The van der Waals surface area contributed by atoms with E-state index in [9.17, 15) is 4.79 Å². The minimum atomic E-state index is 0.0252. The van der Waals surface area contributed by atoms with Gasteiger partial charge in [-0.25, -0.2) is 9.78 Å². The van der Waals surface area contributed by atoms with E-state index in [1.54, 1.807) is 6.20 Å². The van der Waals surface area contributed by atoms with Crippen molar-refractivity contribution in [3.05, 3.63) is 41.7 Å². The summed E-state index contributed by atoms with van der Waals surface area (Å²) in [5.74, 6) is 1.70. The van der Waals surface area contributed by atoms with Gasteiger partial charge in [0.25, 0.3) is 0 Å². The third-order valence-electron chi connectivity index (χ3n) is 5.14. The molecular weight excluding hydrogens is 340 g/mol. The van der Waals surface area contributed by atoms with Gasteiger partial charge in [-0.2, -0.15) is 5.10 Å². The molecule has 0 aliphatic heterocycles. The first-order valence-electron chi connectivity index (χ1n) is 9.95. The molecule has 1 aliphatic rings. The first-order valence-corrected chi connectivity index (χ1v) is 9.95. The number of aryl methyl sites for hydroxylation is 3. The van der Waals surface area contributed by atoms with Gasteiger partial charge in [-0.15, -0.1) is 0 Å². The summed E-state index contributed by atoms with van der Waals surface area (Å²) in [4.78, 5) is 23.4. The molecule has 2 heterocycles. The van der Waals surface area contributed by atoms with Crippen molar-refractivity contribution in [1.29, 1.82) is 0 Å². The van der Waals surface area contributed by atoms with Crippen molar-refractivity contribution in [2.45, 2.75) is 71.5 Å². The number of pyridine rings is 1. The summed E-state index contributed by atoms with van der Waals surface area (Å²) in [6, 6.07) is 4.30. The molecule has 2 aromatic heterocycles. The quantitative estimate of drug-likeness (QED) is 0.759. The topological polar surface area (TPSA) is 75.9 Å². The fourth-order valence-electron chi connectivity index (χ4n) is 3.75. The predicted molar refractivity (Wildman–Crippen MR) is 104 cm³/mol. The van der Waals surface area contributed by atoms with Crippen LogP contribution in [0.2, 0.25) is 0 Å². The minimum Gasteiger partial charge on any atom is -0.338 e. The average molecular weight is 371 g/mol. The van der Waals surface area contributed by atoms with Crippen molar-refractivity contribution in [3.8, 4) is 0 Å². The van der Waals surface area contributed by atoms with E-state index in [2.05, 4.69) is 20.4 Å². The summed E-state index contributed by atoms with van der Waals surface area (Å²) in [5, 5.41) is 7.47. The van der Waals surface area contributed by atoms with E-state index in [4.69, 9.17) is 0 Å². The van der Waals surface area contributed by atoms with Gasteiger partial charge in [0.05, 0.1) is 0 Å². The Bertz CT molecular complexity index is 723. The highest BCUT2D eigenvalue weighted by Crippen LogP contribution is 2.24. The largest absolute Gasteiger partial charge is 0.338 e. The van der Waals surface area contributed by atoms with Crippen molar-refractivity contribution < 1.29 is 4.79 Å². The second-order valence-electron chi connectivity index (χ2n) is 7.30. The first kappa shape index (κ1) is 19.3. The molecule has 1 saturated carbocycles. The van der Waals surface area contributed by atoms with Crippen LogP contribution in [0, 0.1) is 13.8 Å². The van der Waals surface area contributed by atoms with E-state index in [0.717, 1.165) is 43.0 Å². The molecule has 1 N–H and O–H groups in total. The summed E-state index contributed by atoms with van der Waals surface area (Å²) in [7, 11) is 0. The molecule has 0 aromatic carbocycles. The van der Waals surface area contributed by atoms with Crippen LogP contribution in [0.1, 0.15) is 55.7 Å². The molecule has 7 heteroatoms. The molecule has 2 amide bonds. The smallest absolute Gasteiger partial charge is 0.317 e. The molecule has 7 nitrogen and oxygen atoms in total. The Morgan fingerprint density at radius 2 is 2.11 bits per heavy atom. The van der Waals surface area contributed by atoms with Crippen molar-refractivity contribution in [3.63, 3.8) is 0 Å². The lowest BCUT2D eigenvalue weighted by atomic mass is 9.94. The normalized spacial score (nSPS) is 14.9. The Labute approximate surface area is 161 Å². The number of rotatable bonds is 7. The fraction of sp³-hybridized carbons (Fsp3) is 0.600. The summed E-state index contributed by atoms with van der Waals surface area (Å²) >= 11 is 0. The van der Waals surface area contributed by atoms with Gasteiger partial charge in [-0.05, 0) is 44.7 Å². The highest BCUT2D eigenvalue weighted by Gasteiger charge is 2.25. The van der Waals surface area contributed by atoms with Crippen LogP contribution in [0.4, 0.5) is 4.79 Å². The van der Waals surface area contributed by atoms with Crippen LogP contribution < -0.4 is 5.32 Å². The second-order valence-corrected chi connectivity index (χ2v) is 7.30. The molecular formula is C20H30N6O. The van der Waals surface area contributed by atoms with Crippen molar-refractivity contribution in [2.24, 2.45) is 0 Å². The van der Waals surface area contributed by atoms with Crippen molar-refractivity contribution in [2.75, 3.05) is 6.54 Å². The van der Waals surface area contributed by atoms with E-state index in [-0.39, 0.29) is 6.03 Å². The van der Waals surface area contributed by atoms with Crippen LogP contribution >= 0.6 is 0 Å². The maximum absolute atomic E-state index is 12.9. The molecule has 146 valence electrons. The fourth-order valence-corrected chi connectivity index (χ4v) is 3.75. The third-order valence-corrected chi connectivity index (χ3v) is 5.14. The number of hydrogen-bond acceptors (Lipinski definition) is 4. The van der Waals surface area contributed by atoms with E-state index < -0.39 is 0 Å². The Hall–Kier alpha value is -2.44. The van der Waals surface area contributed by atoms with Crippen molar-refractivity contribution in [1.82, 2.24) is 30.0 Å². The molecule has 0 bridgehead atoms. The van der Waals surface area contributed by atoms with Crippen LogP contribution in [-0.4, -0.2) is 43.3 Å². The van der Waals surface area contributed by atoms with Crippen molar-refractivity contribution >= 4 is 6.03 Å². The number of carbonyl (C=O) groups excluding carboxylic acids is 1. The number of amides is 2. The average Bonchev–Trinajstić information content (AvgIpc) is 3.01.